The Balaban J connectivity index is 1.34. The Morgan fingerprint density at radius 2 is 1.41 bits per heavy atom. The predicted molar refractivity (Wildman–Crippen MR) is 106 cm³/mol. The summed E-state index contributed by atoms with van der Waals surface area (Å²) in [6.45, 7) is 11.2. The molecule has 5 nitrogen and oxygen atoms in total. The van der Waals surface area contributed by atoms with Gasteiger partial charge in [0.05, 0.1) is 11.5 Å². The highest BCUT2D eigenvalue weighted by Gasteiger charge is 2.55. The van der Waals surface area contributed by atoms with Crippen LogP contribution in [0.25, 0.3) is 0 Å². The van der Waals surface area contributed by atoms with Crippen LogP contribution in [0, 0.1) is 23.2 Å². The van der Waals surface area contributed by atoms with Crippen LogP contribution in [0.1, 0.15) is 66.2 Å². The highest BCUT2D eigenvalue weighted by atomic mass is 16.2. The predicted octanol–water partition coefficient (Wildman–Crippen LogP) is 2.65. The third kappa shape index (κ3) is 3.76. The van der Waals surface area contributed by atoms with Gasteiger partial charge in [0, 0.05) is 31.7 Å². The molecule has 1 atom stereocenters. The largest absolute Gasteiger partial charge is 0.350 e. The first kappa shape index (κ1) is 19.2. The summed E-state index contributed by atoms with van der Waals surface area (Å²) in [6, 6.07) is -0.138. The number of amides is 2. The number of carbonyl (C=O) groups excluding carboxylic acids is 2. The summed E-state index contributed by atoms with van der Waals surface area (Å²) in [5.74, 6) is 2.95. The molecule has 0 aromatic rings. The first-order chi connectivity index (χ1) is 12.7. The number of carbonyl (C=O) groups is 2. The van der Waals surface area contributed by atoms with Gasteiger partial charge >= 0.3 is 0 Å². The third-order valence-electron chi connectivity index (χ3n) is 7.52. The van der Waals surface area contributed by atoms with Crippen LogP contribution in [0.15, 0.2) is 0 Å². The second kappa shape index (κ2) is 6.75. The topological polar surface area (TPSA) is 52.7 Å². The van der Waals surface area contributed by atoms with E-state index in [0.717, 1.165) is 63.2 Å². The maximum absolute atomic E-state index is 13.5. The molecule has 1 heterocycles. The molecular formula is C22H37N3O2. The fraction of sp³-hybridized carbons (Fsp3) is 0.909. The highest BCUT2D eigenvalue weighted by Crippen LogP contribution is 2.60. The van der Waals surface area contributed by atoms with E-state index in [1.165, 1.54) is 19.3 Å². The normalized spacial score (nSPS) is 37.3. The van der Waals surface area contributed by atoms with Crippen molar-refractivity contribution in [2.75, 3.05) is 26.2 Å². The van der Waals surface area contributed by atoms with Gasteiger partial charge in [-0.3, -0.25) is 14.5 Å². The standard InChI is InChI=1S/C22H37N3O2/c1-15(19(26)23-21(2,3)4)24-5-7-25(8-6-24)20(27)22-12-16-9-17(13-22)11-18(10-16)14-22/h15-18H,5-14H2,1-4H3,(H,23,26). The molecule has 2 amide bonds. The monoisotopic (exact) mass is 375 g/mol. The lowest BCUT2D eigenvalue weighted by Crippen LogP contribution is -2.60. The number of rotatable bonds is 3. The van der Waals surface area contributed by atoms with E-state index >= 15 is 0 Å². The summed E-state index contributed by atoms with van der Waals surface area (Å²) < 4.78 is 0. The maximum atomic E-state index is 13.5. The molecule has 5 heteroatoms. The molecule has 4 aliphatic carbocycles. The lowest BCUT2D eigenvalue weighted by atomic mass is 9.49. The van der Waals surface area contributed by atoms with E-state index in [0.29, 0.717) is 5.91 Å². The molecular weight excluding hydrogens is 338 g/mol. The van der Waals surface area contributed by atoms with E-state index in [2.05, 4.69) is 15.1 Å². The van der Waals surface area contributed by atoms with Crippen molar-refractivity contribution in [3.05, 3.63) is 0 Å². The molecule has 1 N–H and O–H groups in total. The van der Waals surface area contributed by atoms with Crippen LogP contribution < -0.4 is 5.32 Å². The fourth-order valence-corrected chi connectivity index (χ4v) is 6.66. The maximum Gasteiger partial charge on any atom is 0.237 e. The second-order valence-electron chi connectivity index (χ2n) is 10.9. The zero-order valence-corrected chi connectivity index (χ0v) is 17.6. The molecule has 1 unspecified atom stereocenters. The Morgan fingerprint density at radius 3 is 1.85 bits per heavy atom. The number of hydrogen-bond acceptors (Lipinski definition) is 3. The van der Waals surface area contributed by atoms with Crippen molar-refractivity contribution >= 4 is 11.8 Å². The number of piperazine rings is 1. The van der Waals surface area contributed by atoms with E-state index in [9.17, 15) is 9.59 Å². The number of nitrogens with one attached hydrogen (secondary N) is 1. The summed E-state index contributed by atoms with van der Waals surface area (Å²) in [6.07, 6.45) is 7.55. The summed E-state index contributed by atoms with van der Waals surface area (Å²) in [7, 11) is 0. The van der Waals surface area contributed by atoms with Gasteiger partial charge < -0.3 is 10.2 Å². The Hall–Kier alpha value is -1.10. The number of nitrogens with zero attached hydrogens (tertiary/aromatic N) is 2. The summed E-state index contributed by atoms with van der Waals surface area (Å²) in [4.78, 5) is 30.3. The molecule has 5 aliphatic rings. The van der Waals surface area contributed by atoms with Crippen molar-refractivity contribution in [1.82, 2.24) is 15.1 Å². The minimum atomic E-state index is -0.207. The zero-order chi connectivity index (χ0) is 19.4. The van der Waals surface area contributed by atoms with Gasteiger partial charge in [0.2, 0.25) is 11.8 Å². The molecule has 0 aromatic heterocycles. The zero-order valence-electron chi connectivity index (χ0n) is 17.6. The Morgan fingerprint density at radius 1 is 0.926 bits per heavy atom. The van der Waals surface area contributed by atoms with Crippen LogP contribution in [-0.4, -0.2) is 59.4 Å². The van der Waals surface area contributed by atoms with E-state index in [1.54, 1.807) is 0 Å². The van der Waals surface area contributed by atoms with Crippen molar-refractivity contribution < 1.29 is 9.59 Å². The lowest BCUT2D eigenvalue weighted by Gasteiger charge is -2.57. The van der Waals surface area contributed by atoms with E-state index in [1.807, 2.05) is 27.7 Å². The van der Waals surface area contributed by atoms with Crippen molar-refractivity contribution in [2.45, 2.75) is 77.8 Å². The Labute approximate surface area is 164 Å². The van der Waals surface area contributed by atoms with Crippen LogP contribution in [0.3, 0.4) is 0 Å². The van der Waals surface area contributed by atoms with Crippen LogP contribution in [0.2, 0.25) is 0 Å². The molecule has 152 valence electrons. The highest BCUT2D eigenvalue weighted by molar-refractivity contribution is 5.84. The molecule has 27 heavy (non-hydrogen) atoms. The van der Waals surface area contributed by atoms with Crippen LogP contribution in [0.5, 0.6) is 0 Å². The third-order valence-corrected chi connectivity index (χ3v) is 7.52. The molecule has 5 rings (SSSR count). The van der Waals surface area contributed by atoms with Crippen molar-refractivity contribution in [3.63, 3.8) is 0 Å². The van der Waals surface area contributed by atoms with Gasteiger partial charge in [-0.05, 0) is 84.0 Å². The Bertz CT molecular complexity index is 566. The van der Waals surface area contributed by atoms with Crippen LogP contribution in [0.4, 0.5) is 0 Å². The second-order valence-corrected chi connectivity index (χ2v) is 10.9. The fourth-order valence-electron chi connectivity index (χ4n) is 6.66. The van der Waals surface area contributed by atoms with Gasteiger partial charge in [-0.25, -0.2) is 0 Å². The van der Waals surface area contributed by atoms with Gasteiger partial charge in [0.25, 0.3) is 0 Å². The first-order valence-electron chi connectivity index (χ1n) is 11.0. The Kier molecular flexibility index (Phi) is 4.81. The molecule has 0 spiro atoms. The smallest absolute Gasteiger partial charge is 0.237 e. The number of hydrogen-bond donors (Lipinski definition) is 1. The minimum Gasteiger partial charge on any atom is -0.350 e. The van der Waals surface area contributed by atoms with E-state index < -0.39 is 0 Å². The molecule has 1 saturated heterocycles. The molecule has 0 aromatic carbocycles. The average Bonchev–Trinajstić information content (AvgIpc) is 2.58. The van der Waals surface area contributed by atoms with Crippen LogP contribution in [-0.2, 0) is 9.59 Å². The molecule has 4 bridgehead atoms. The first-order valence-corrected chi connectivity index (χ1v) is 11.0. The van der Waals surface area contributed by atoms with Gasteiger partial charge in [-0.1, -0.05) is 0 Å². The van der Waals surface area contributed by atoms with Gasteiger partial charge in [-0.2, -0.15) is 0 Å². The van der Waals surface area contributed by atoms with Gasteiger partial charge in [0.1, 0.15) is 0 Å². The lowest BCUT2D eigenvalue weighted by molar-refractivity contribution is -0.159. The average molecular weight is 376 g/mol. The van der Waals surface area contributed by atoms with Crippen molar-refractivity contribution in [1.29, 1.82) is 0 Å². The minimum absolute atomic E-state index is 0.0356. The molecule has 0 radical (unpaired) electrons. The molecule has 5 fully saturated rings. The molecule has 4 saturated carbocycles. The van der Waals surface area contributed by atoms with E-state index in [-0.39, 0.29) is 22.9 Å². The quantitative estimate of drug-likeness (QED) is 0.825. The van der Waals surface area contributed by atoms with Crippen molar-refractivity contribution in [3.8, 4) is 0 Å². The van der Waals surface area contributed by atoms with Gasteiger partial charge in [0.15, 0.2) is 0 Å². The van der Waals surface area contributed by atoms with Crippen LogP contribution >= 0.6 is 0 Å². The summed E-state index contributed by atoms with van der Waals surface area (Å²) >= 11 is 0. The van der Waals surface area contributed by atoms with Gasteiger partial charge in [-0.15, -0.1) is 0 Å². The van der Waals surface area contributed by atoms with Crippen molar-refractivity contribution in [2.24, 2.45) is 23.2 Å². The SMILES string of the molecule is CC(C(=O)NC(C)(C)C)N1CCN(C(=O)C23CC4CC(CC(C4)C2)C3)CC1. The molecule has 1 aliphatic heterocycles. The summed E-state index contributed by atoms with van der Waals surface area (Å²) in [5, 5.41) is 3.08. The summed E-state index contributed by atoms with van der Waals surface area (Å²) in [5.41, 5.74) is -0.242. The van der Waals surface area contributed by atoms with E-state index in [4.69, 9.17) is 0 Å².